The lowest BCUT2D eigenvalue weighted by atomic mass is 10.1. The third-order valence-electron chi connectivity index (χ3n) is 5.49. The van der Waals surface area contributed by atoms with Gasteiger partial charge >= 0.3 is 0 Å². The van der Waals surface area contributed by atoms with Crippen molar-refractivity contribution in [2.45, 2.75) is 19.4 Å². The van der Waals surface area contributed by atoms with E-state index in [1.165, 1.54) is 5.56 Å². The Morgan fingerprint density at radius 1 is 1.15 bits per heavy atom. The maximum Gasteiger partial charge on any atom is 0.241 e. The number of amides is 1. The van der Waals surface area contributed by atoms with E-state index in [4.69, 9.17) is 4.74 Å². The maximum atomic E-state index is 13.0. The van der Waals surface area contributed by atoms with E-state index in [9.17, 15) is 4.79 Å². The molecule has 1 saturated heterocycles. The topological polar surface area (TPSA) is 48.9 Å². The number of aromatic nitrogens is 1. The number of fused-ring (bicyclic) bond motifs is 1. The molecule has 142 valence electrons. The van der Waals surface area contributed by atoms with Crippen LogP contribution in [0, 0.1) is 0 Å². The van der Waals surface area contributed by atoms with E-state index in [0.717, 1.165) is 49.9 Å². The van der Waals surface area contributed by atoms with Crippen molar-refractivity contribution in [3.63, 3.8) is 0 Å². The van der Waals surface area contributed by atoms with E-state index >= 15 is 0 Å². The van der Waals surface area contributed by atoms with Crippen molar-refractivity contribution in [2.24, 2.45) is 0 Å². The average molecular weight is 366 g/mol. The summed E-state index contributed by atoms with van der Waals surface area (Å²) in [4.78, 5) is 23.9. The lowest BCUT2D eigenvalue weighted by Crippen LogP contribution is -2.51. The van der Waals surface area contributed by atoms with Gasteiger partial charge in [0.25, 0.3) is 0 Å². The molecule has 0 bridgehead atoms. The summed E-state index contributed by atoms with van der Waals surface area (Å²) in [5, 5.41) is 0. The number of piperazine rings is 1. The molecule has 1 aromatic heterocycles. The first-order valence-electron chi connectivity index (χ1n) is 9.53. The van der Waals surface area contributed by atoms with Gasteiger partial charge < -0.3 is 14.5 Å². The predicted molar refractivity (Wildman–Crippen MR) is 107 cm³/mol. The van der Waals surface area contributed by atoms with Crippen LogP contribution in [0.25, 0.3) is 0 Å². The highest BCUT2D eigenvalue weighted by Gasteiger charge is 2.31. The summed E-state index contributed by atoms with van der Waals surface area (Å²) in [6, 6.07) is 12.4. The van der Waals surface area contributed by atoms with Gasteiger partial charge in [-0.05, 0) is 37.1 Å². The number of rotatable bonds is 4. The van der Waals surface area contributed by atoms with E-state index in [-0.39, 0.29) is 11.9 Å². The molecule has 0 saturated carbocycles. The minimum atomic E-state index is 0.198. The van der Waals surface area contributed by atoms with Crippen LogP contribution in [0.5, 0.6) is 5.75 Å². The summed E-state index contributed by atoms with van der Waals surface area (Å²) in [5.41, 5.74) is 2.35. The number of anilines is 2. The SMILES string of the molecule is COc1ccc(N2CCN(CC(=O)N3c4ccccc4CC3C)CC2)nc1. The molecule has 1 fully saturated rings. The third kappa shape index (κ3) is 3.62. The zero-order valence-electron chi connectivity index (χ0n) is 16.0. The maximum absolute atomic E-state index is 13.0. The fraction of sp³-hybridized carbons (Fsp3) is 0.429. The molecule has 2 aromatic rings. The lowest BCUT2D eigenvalue weighted by Gasteiger charge is -2.36. The molecule has 1 aromatic carbocycles. The molecule has 2 aliphatic heterocycles. The summed E-state index contributed by atoms with van der Waals surface area (Å²) in [7, 11) is 1.64. The van der Waals surface area contributed by atoms with E-state index in [2.05, 4.69) is 33.8 Å². The number of benzene rings is 1. The number of para-hydroxylation sites is 1. The smallest absolute Gasteiger partial charge is 0.241 e. The number of methoxy groups -OCH3 is 1. The monoisotopic (exact) mass is 366 g/mol. The van der Waals surface area contributed by atoms with Crippen LogP contribution < -0.4 is 14.5 Å². The standard InChI is InChI=1S/C21H26N4O2/c1-16-13-17-5-3-4-6-19(17)25(16)21(26)15-23-9-11-24(12-10-23)20-8-7-18(27-2)14-22-20/h3-8,14,16H,9-13,15H2,1-2H3. The normalized spacial score (nSPS) is 19.9. The van der Waals surface area contributed by atoms with Crippen molar-refractivity contribution in [1.29, 1.82) is 0 Å². The van der Waals surface area contributed by atoms with E-state index in [1.54, 1.807) is 13.3 Å². The fourth-order valence-corrected chi connectivity index (χ4v) is 4.03. The van der Waals surface area contributed by atoms with E-state index in [1.807, 2.05) is 29.2 Å². The predicted octanol–water partition coefficient (Wildman–Crippen LogP) is 2.19. The van der Waals surface area contributed by atoms with Crippen LogP contribution in [-0.2, 0) is 11.2 Å². The Morgan fingerprint density at radius 2 is 1.93 bits per heavy atom. The number of ether oxygens (including phenoxy) is 1. The van der Waals surface area contributed by atoms with Gasteiger partial charge in [-0.2, -0.15) is 0 Å². The minimum absolute atomic E-state index is 0.198. The zero-order valence-corrected chi connectivity index (χ0v) is 16.0. The first-order chi connectivity index (χ1) is 13.2. The number of pyridine rings is 1. The summed E-state index contributed by atoms with van der Waals surface area (Å²) in [5.74, 6) is 1.93. The molecule has 3 heterocycles. The van der Waals surface area contributed by atoms with E-state index < -0.39 is 0 Å². The van der Waals surface area contributed by atoms with Gasteiger partial charge in [-0.15, -0.1) is 0 Å². The Kier molecular flexibility index (Phi) is 4.99. The van der Waals surface area contributed by atoms with Crippen molar-refractivity contribution < 1.29 is 9.53 Å². The number of nitrogens with zero attached hydrogens (tertiary/aromatic N) is 4. The number of hydrogen-bond donors (Lipinski definition) is 0. The van der Waals surface area contributed by atoms with Crippen LogP contribution in [0.1, 0.15) is 12.5 Å². The van der Waals surface area contributed by atoms with E-state index in [0.29, 0.717) is 6.54 Å². The molecule has 0 N–H and O–H groups in total. The highest BCUT2D eigenvalue weighted by molar-refractivity contribution is 5.97. The zero-order chi connectivity index (χ0) is 18.8. The number of carbonyl (C=O) groups excluding carboxylic acids is 1. The third-order valence-corrected chi connectivity index (χ3v) is 5.49. The number of carbonyl (C=O) groups is 1. The molecule has 1 amide bonds. The molecule has 4 rings (SSSR count). The van der Waals surface area contributed by atoms with Gasteiger partial charge in [0.05, 0.1) is 19.9 Å². The molecular weight excluding hydrogens is 340 g/mol. The first kappa shape index (κ1) is 17.8. The van der Waals surface area contributed by atoms with Gasteiger partial charge in [-0.25, -0.2) is 4.98 Å². The van der Waals surface area contributed by atoms with Gasteiger partial charge in [0.1, 0.15) is 11.6 Å². The molecule has 0 radical (unpaired) electrons. The summed E-state index contributed by atoms with van der Waals surface area (Å²) in [6.45, 7) is 6.08. The molecule has 1 unspecified atom stereocenters. The molecule has 0 aliphatic carbocycles. The Hall–Kier alpha value is -2.60. The Morgan fingerprint density at radius 3 is 2.63 bits per heavy atom. The first-order valence-corrected chi connectivity index (χ1v) is 9.53. The quantitative estimate of drug-likeness (QED) is 0.830. The molecule has 0 spiro atoms. The lowest BCUT2D eigenvalue weighted by molar-refractivity contribution is -0.120. The van der Waals surface area contributed by atoms with Crippen molar-refractivity contribution in [1.82, 2.24) is 9.88 Å². The Bertz CT molecular complexity index is 800. The summed E-state index contributed by atoms with van der Waals surface area (Å²) >= 11 is 0. The van der Waals surface area contributed by atoms with Crippen LogP contribution in [-0.4, -0.2) is 61.7 Å². The second kappa shape index (κ2) is 7.56. The second-order valence-electron chi connectivity index (χ2n) is 7.27. The molecular formula is C21H26N4O2. The highest BCUT2D eigenvalue weighted by atomic mass is 16.5. The van der Waals surface area contributed by atoms with Crippen LogP contribution in [0.15, 0.2) is 42.6 Å². The van der Waals surface area contributed by atoms with Crippen LogP contribution in [0.2, 0.25) is 0 Å². The molecule has 6 nitrogen and oxygen atoms in total. The van der Waals surface area contributed by atoms with Crippen LogP contribution in [0.3, 0.4) is 0 Å². The van der Waals surface area contributed by atoms with Gasteiger partial charge in [0, 0.05) is 37.9 Å². The van der Waals surface area contributed by atoms with Gasteiger partial charge in [0.2, 0.25) is 5.91 Å². The Labute approximate surface area is 160 Å². The summed E-state index contributed by atoms with van der Waals surface area (Å²) in [6.07, 6.45) is 2.69. The minimum Gasteiger partial charge on any atom is -0.495 e. The summed E-state index contributed by atoms with van der Waals surface area (Å²) < 4.78 is 5.17. The number of hydrogen-bond acceptors (Lipinski definition) is 5. The van der Waals surface area contributed by atoms with Crippen molar-refractivity contribution >= 4 is 17.4 Å². The van der Waals surface area contributed by atoms with Gasteiger partial charge in [-0.3, -0.25) is 9.69 Å². The van der Waals surface area contributed by atoms with Crippen molar-refractivity contribution in [3.8, 4) is 5.75 Å². The Balaban J connectivity index is 1.34. The van der Waals surface area contributed by atoms with Crippen LogP contribution >= 0.6 is 0 Å². The molecule has 1 atom stereocenters. The van der Waals surface area contributed by atoms with Gasteiger partial charge in [0.15, 0.2) is 0 Å². The molecule has 2 aliphatic rings. The molecule has 6 heteroatoms. The molecule has 27 heavy (non-hydrogen) atoms. The largest absolute Gasteiger partial charge is 0.495 e. The van der Waals surface area contributed by atoms with Crippen molar-refractivity contribution in [3.05, 3.63) is 48.2 Å². The highest BCUT2D eigenvalue weighted by Crippen LogP contribution is 2.32. The van der Waals surface area contributed by atoms with Crippen LogP contribution in [0.4, 0.5) is 11.5 Å². The second-order valence-corrected chi connectivity index (χ2v) is 7.27. The fourth-order valence-electron chi connectivity index (χ4n) is 4.03. The average Bonchev–Trinajstić information content (AvgIpc) is 3.04. The van der Waals surface area contributed by atoms with Gasteiger partial charge in [-0.1, -0.05) is 18.2 Å². The van der Waals surface area contributed by atoms with Crippen molar-refractivity contribution in [2.75, 3.05) is 49.6 Å².